The monoisotopic (exact) mass is 644 g/mol. The van der Waals surface area contributed by atoms with E-state index in [1.165, 1.54) is 64.2 Å². The van der Waals surface area contributed by atoms with Crippen LogP contribution in [-0.2, 0) is 0 Å². The first kappa shape index (κ1) is 39.7. The molecule has 0 heterocycles. The van der Waals surface area contributed by atoms with Crippen LogP contribution >= 0.6 is 0 Å². The summed E-state index contributed by atoms with van der Waals surface area (Å²) in [6.45, 7) is 11.1. The molecule has 2 atom stereocenters. The Bertz CT molecular complexity index is 925. The summed E-state index contributed by atoms with van der Waals surface area (Å²) in [5, 5.41) is 26.7. The van der Waals surface area contributed by atoms with Gasteiger partial charge in [0, 0.05) is 25.2 Å². The Morgan fingerprint density at radius 2 is 0.739 bits per heavy atom. The maximum Gasteiger partial charge on any atom is 0.161 e. The Balaban J connectivity index is 1.41. The second-order valence-electron chi connectivity index (χ2n) is 12.9. The Hall–Kier alpha value is -2.52. The van der Waals surface area contributed by atoms with E-state index in [0.717, 1.165) is 24.3 Å². The van der Waals surface area contributed by atoms with Crippen LogP contribution in [-0.4, -0.2) is 74.0 Å². The summed E-state index contributed by atoms with van der Waals surface area (Å²) in [5.41, 5.74) is 0. The molecule has 0 saturated carbocycles. The van der Waals surface area contributed by atoms with Crippen molar-refractivity contribution < 1.29 is 29.2 Å². The number of rotatable bonds is 29. The second kappa shape index (κ2) is 25.6. The van der Waals surface area contributed by atoms with Crippen LogP contribution in [0.25, 0.3) is 0 Å². The van der Waals surface area contributed by atoms with Crippen molar-refractivity contribution >= 4 is 0 Å². The first-order valence-corrected chi connectivity index (χ1v) is 17.9. The van der Waals surface area contributed by atoms with Gasteiger partial charge in [0.2, 0.25) is 0 Å². The zero-order valence-corrected chi connectivity index (χ0v) is 29.2. The molecule has 2 rings (SSSR count). The SMILES string of the molecule is CC(C)NC[C@@H](O)COc1ccccc1OCCCCCCCCCCCCCCOc1ccccc1OC[C@@H](O)CNC(C)C. The molecule has 2 aromatic carbocycles. The average molecular weight is 645 g/mol. The number of benzene rings is 2. The van der Waals surface area contributed by atoms with Crippen molar-refractivity contribution in [2.45, 2.75) is 129 Å². The molecule has 0 saturated heterocycles. The van der Waals surface area contributed by atoms with Crippen LogP contribution in [0.3, 0.4) is 0 Å². The molecule has 0 fully saturated rings. The van der Waals surface area contributed by atoms with E-state index in [4.69, 9.17) is 18.9 Å². The minimum absolute atomic E-state index is 0.242. The summed E-state index contributed by atoms with van der Waals surface area (Å²) in [4.78, 5) is 0. The van der Waals surface area contributed by atoms with Crippen molar-refractivity contribution in [1.29, 1.82) is 0 Å². The standard InChI is InChI=1S/C38H64N2O6/c1-31(2)39-27-33(41)29-45-37-23-17-15-21-35(37)43-25-19-13-11-9-7-5-6-8-10-12-14-20-26-44-36-22-16-18-24-38(36)46-30-34(42)28-40-32(3)4/h15-18,21-24,31-34,39-42H,5-14,19-20,25-30H2,1-4H3/t33-,34+. The molecule has 0 spiro atoms. The second-order valence-corrected chi connectivity index (χ2v) is 12.9. The van der Waals surface area contributed by atoms with Crippen molar-refractivity contribution in [2.75, 3.05) is 39.5 Å². The Kier molecular flexibility index (Phi) is 22.0. The van der Waals surface area contributed by atoms with Crippen LogP contribution in [0.4, 0.5) is 0 Å². The quantitative estimate of drug-likeness (QED) is 0.0685. The van der Waals surface area contributed by atoms with E-state index in [1.807, 2.05) is 48.5 Å². The van der Waals surface area contributed by atoms with Crippen LogP contribution in [0.15, 0.2) is 48.5 Å². The Labute approximate surface area is 279 Å². The normalized spacial score (nSPS) is 12.8. The number of hydrogen-bond acceptors (Lipinski definition) is 8. The lowest BCUT2D eigenvalue weighted by molar-refractivity contribution is 0.102. The van der Waals surface area contributed by atoms with E-state index in [1.54, 1.807) is 0 Å². The number of ether oxygens (including phenoxy) is 4. The van der Waals surface area contributed by atoms with E-state index in [0.29, 0.717) is 49.9 Å². The molecule has 4 N–H and O–H groups in total. The van der Waals surface area contributed by atoms with Crippen LogP contribution < -0.4 is 29.6 Å². The number of unbranched alkanes of at least 4 members (excludes halogenated alkanes) is 11. The molecule has 0 aliphatic heterocycles. The van der Waals surface area contributed by atoms with Gasteiger partial charge in [-0.25, -0.2) is 0 Å². The van der Waals surface area contributed by atoms with Crippen LogP contribution in [0.5, 0.6) is 23.0 Å². The van der Waals surface area contributed by atoms with Gasteiger partial charge in [0.15, 0.2) is 23.0 Å². The highest BCUT2D eigenvalue weighted by Crippen LogP contribution is 2.28. The minimum Gasteiger partial charge on any atom is -0.490 e. The molecule has 0 bridgehead atoms. The van der Waals surface area contributed by atoms with Gasteiger partial charge in [0.05, 0.1) is 13.2 Å². The van der Waals surface area contributed by atoms with Gasteiger partial charge < -0.3 is 39.8 Å². The molecular formula is C38H64N2O6. The molecule has 0 aliphatic rings. The third-order valence-corrected chi connectivity index (χ3v) is 7.64. The first-order valence-electron chi connectivity index (χ1n) is 17.9. The molecule has 0 unspecified atom stereocenters. The summed E-state index contributed by atoms with van der Waals surface area (Å²) in [6.07, 6.45) is 13.7. The van der Waals surface area contributed by atoms with Gasteiger partial charge in [-0.2, -0.15) is 0 Å². The maximum atomic E-state index is 10.1. The van der Waals surface area contributed by atoms with Crippen LogP contribution in [0.2, 0.25) is 0 Å². The van der Waals surface area contributed by atoms with Gasteiger partial charge >= 0.3 is 0 Å². The molecule has 8 heteroatoms. The molecular weight excluding hydrogens is 580 g/mol. The minimum atomic E-state index is -0.554. The third kappa shape index (κ3) is 19.9. The van der Waals surface area contributed by atoms with Gasteiger partial charge in [-0.1, -0.05) is 116 Å². The highest BCUT2D eigenvalue weighted by molar-refractivity contribution is 5.40. The zero-order chi connectivity index (χ0) is 33.2. The fourth-order valence-electron chi connectivity index (χ4n) is 4.95. The average Bonchev–Trinajstić information content (AvgIpc) is 3.05. The van der Waals surface area contributed by atoms with Gasteiger partial charge in [0.25, 0.3) is 0 Å². The lowest BCUT2D eigenvalue weighted by Crippen LogP contribution is -2.35. The number of hydrogen-bond donors (Lipinski definition) is 4. The van der Waals surface area contributed by atoms with E-state index in [2.05, 4.69) is 38.3 Å². The molecule has 46 heavy (non-hydrogen) atoms. The van der Waals surface area contributed by atoms with Crippen LogP contribution in [0, 0.1) is 0 Å². The van der Waals surface area contributed by atoms with Crippen molar-refractivity contribution in [3.63, 3.8) is 0 Å². The summed E-state index contributed by atoms with van der Waals surface area (Å²) >= 11 is 0. The predicted octanol–water partition coefficient (Wildman–Crippen LogP) is 7.30. The number of aliphatic hydroxyl groups excluding tert-OH is 2. The number of aliphatic hydroxyl groups is 2. The number of nitrogens with one attached hydrogen (secondary N) is 2. The molecule has 8 nitrogen and oxygen atoms in total. The largest absolute Gasteiger partial charge is 0.490 e. The van der Waals surface area contributed by atoms with Gasteiger partial charge in [-0.3, -0.25) is 0 Å². The highest BCUT2D eigenvalue weighted by atomic mass is 16.5. The summed E-state index contributed by atoms with van der Waals surface area (Å²) < 4.78 is 23.6. The summed E-state index contributed by atoms with van der Waals surface area (Å²) in [5.74, 6) is 2.87. The van der Waals surface area contributed by atoms with Crippen molar-refractivity contribution in [3.8, 4) is 23.0 Å². The van der Waals surface area contributed by atoms with Gasteiger partial charge in [-0.05, 0) is 37.1 Å². The molecule has 0 radical (unpaired) electrons. The van der Waals surface area contributed by atoms with Gasteiger partial charge in [0.1, 0.15) is 25.4 Å². The topological polar surface area (TPSA) is 101 Å². The summed E-state index contributed by atoms with van der Waals surface area (Å²) in [6, 6.07) is 16.1. The van der Waals surface area contributed by atoms with E-state index < -0.39 is 12.2 Å². The molecule has 262 valence electrons. The van der Waals surface area contributed by atoms with Crippen LogP contribution in [0.1, 0.15) is 105 Å². The van der Waals surface area contributed by atoms with E-state index >= 15 is 0 Å². The van der Waals surface area contributed by atoms with Crippen molar-refractivity contribution in [3.05, 3.63) is 48.5 Å². The van der Waals surface area contributed by atoms with E-state index in [-0.39, 0.29) is 13.2 Å². The Morgan fingerprint density at radius 1 is 0.457 bits per heavy atom. The molecule has 0 aromatic heterocycles. The number of para-hydroxylation sites is 4. The molecule has 0 aliphatic carbocycles. The van der Waals surface area contributed by atoms with Gasteiger partial charge in [-0.15, -0.1) is 0 Å². The fraction of sp³-hybridized carbons (Fsp3) is 0.684. The third-order valence-electron chi connectivity index (χ3n) is 7.64. The highest BCUT2D eigenvalue weighted by Gasteiger charge is 2.11. The van der Waals surface area contributed by atoms with Crippen molar-refractivity contribution in [1.82, 2.24) is 10.6 Å². The molecule has 0 amide bonds. The lowest BCUT2D eigenvalue weighted by Gasteiger charge is -2.17. The Morgan fingerprint density at radius 3 is 1.04 bits per heavy atom. The van der Waals surface area contributed by atoms with E-state index in [9.17, 15) is 10.2 Å². The zero-order valence-electron chi connectivity index (χ0n) is 29.2. The first-order chi connectivity index (χ1) is 22.3. The predicted molar refractivity (Wildman–Crippen MR) is 189 cm³/mol. The smallest absolute Gasteiger partial charge is 0.161 e. The van der Waals surface area contributed by atoms with Crippen molar-refractivity contribution in [2.24, 2.45) is 0 Å². The lowest BCUT2D eigenvalue weighted by atomic mass is 10.1. The molecule has 2 aromatic rings. The fourth-order valence-corrected chi connectivity index (χ4v) is 4.95. The maximum absolute atomic E-state index is 10.1. The summed E-state index contributed by atoms with van der Waals surface area (Å²) in [7, 11) is 0.